The van der Waals surface area contributed by atoms with Gasteiger partial charge < -0.3 is 9.84 Å². The van der Waals surface area contributed by atoms with E-state index in [2.05, 4.69) is 15.0 Å². The molecule has 0 saturated heterocycles. The second kappa shape index (κ2) is 3.38. The van der Waals surface area contributed by atoms with Gasteiger partial charge in [-0.1, -0.05) is 5.16 Å². The van der Waals surface area contributed by atoms with Gasteiger partial charge in [0.05, 0.1) is 0 Å². The van der Waals surface area contributed by atoms with Crippen LogP contribution in [0.5, 0.6) is 0 Å². The molecule has 1 aromatic rings. The standard InChI is InChI=1S/C8H10N2O2/c1-5(2)9-8(11)7-4-6(3)12-10-7/h3-5H,1-2H3,(H,9,11). The Morgan fingerprint density at radius 1 is 1.75 bits per heavy atom. The van der Waals surface area contributed by atoms with E-state index in [1.807, 2.05) is 13.8 Å². The molecule has 1 aromatic heterocycles. The molecular formula is C8H10N2O2. The van der Waals surface area contributed by atoms with Crippen LogP contribution < -0.4 is 5.32 Å². The van der Waals surface area contributed by atoms with Crippen molar-refractivity contribution >= 4 is 5.91 Å². The SMILES string of the molecule is [CH]c1cc(C(=O)NC(C)C)no1. The second-order valence-electron chi connectivity index (χ2n) is 2.74. The Bertz CT molecular complexity index is 278. The minimum atomic E-state index is -0.273. The Hall–Kier alpha value is -1.32. The maximum atomic E-state index is 11.2. The number of aromatic nitrogens is 1. The van der Waals surface area contributed by atoms with Crippen LogP contribution in [0.1, 0.15) is 30.1 Å². The Labute approximate surface area is 70.9 Å². The molecule has 0 atom stereocenters. The summed E-state index contributed by atoms with van der Waals surface area (Å²) in [4.78, 5) is 11.2. The van der Waals surface area contributed by atoms with Crippen LogP contribution in [0.4, 0.5) is 0 Å². The van der Waals surface area contributed by atoms with Gasteiger partial charge in [-0.3, -0.25) is 4.79 Å². The highest BCUT2D eigenvalue weighted by atomic mass is 16.5. The molecule has 0 aliphatic carbocycles. The fourth-order valence-electron chi connectivity index (χ4n) is 0.732. The molecule has 0 spiro atoms. The molecule has 12 heavy (non-hydrogen) atoms. The maximum absolute atomic E-state index is 11.2. The number of hydrogen-bond acceptors (Lipinski definition) is 3. The lowest BCUT2D eigenvalue weighted by atomic mass is 10.3. The van der Waals surface area contributed by atoms with Crippen molar-refractivity contribution in [3.63, 3.8) is 0 Å². The van der Waals surface area contributed by atoms with E-state index >= 15 is 0 Å². The van der Waals surface area contributed by atoms with E-state index in [0.717, 1.165) is 0 Å². The molecule has 64 valence electrons. The van der Waals surface area contributed by atoms with Gasteiger partial charge in [0.1, 0.15) is 5.76 Å². The molecule has 0 aromatic carbocycles. The molecular weight excluding hydrogens is 156 g/mol. The second-order valence-corrected chi connectivity index (χ2v) is 2.74. The third kappa shape index (κ3) is 2.08. The lowest BCUT2D eigenvalue weighted by Crippen LogP contribution is -2.30. The Kier molecular flexibility index (Phi) is 2.47. The molecule has 0 aliphatic heterocycles. The maximum Gasteiger partial charge on any atom is 0.273 e. The third-order valence-electron chi connectivity index (χ3n) is 1.18. The average Bonchev–Trinajstić information content (AvgIpc) is 2.34. The summed E-state index contributed by atoms with van der Waals surface area (Å²) in [6.45, 7) is 8.96. The zero-order chi connectivity index (χ0) is 9.14. The third-order valence-corrected chi connectivity index (χ3v) is 1.18. The molecule has 0 unspecified atom stereocenters. The quantitative estimate of drug-likeness (QED) is 0.709. The van der Waals surface area contributed by atoms with Gasteiger partial charge in [0, 0.05) is 19.0 Å². The van der Waals surface area contributed by atoms with E-state index in [9.17, 15) is 4.79 Å². The van der Waals surface area contributed by atoms with Crippen molar-refractivity contribution in [2.75, 3.05) is 0 Å². The zero-order valence-corrected chi connectivity index (χ0v) is 7.00. The van der Waals surface area contributed by atoms with Crippen molar-refractivity contribution in [1.82, 2.24) is 10.5 Å². The van der Waals surface area contributed by atoms with Crippen molar-refractivity contribution < 1.29 is 9.32 Å². The fourth-order valence-corrected chi connectivity index (χ4v) is 0.732. The van der Waals surface area contributed by atoms with Gasteiger partial charge in [0.15, 0.2) is 5.69 Å². The number of carbonyl (C=O) groups excluding carboxylic acids is 1. The van der Waals surface area contributed by atoms with E-state index in [-0.39, 0.29) is 23.4 Å². The molecule has 0 aliphatic rings. The minimum Gasteiger partial charge on any atom is -0.360 e. The van der Waals surface area contributed by atoms with Gasteiger partial charge in [-0.05, 0) is 13.8 Å². The average molecular weight is 166 g/mol. The van der Waals surface area contributed by atoms with E-state index in [1.165, 1.54) is 6.07 Å². The van der Waals surface area contributed by atoms with Crippen molar-refractivity contribution in [2.24, 2.45) is 0 Å². The summed E-state index contributed by atoms with van der Waals surface area (Å²) in [5.74, 6) is -0.130. The molecule has 4 nitrogen and oxygen atoms in total. The first kappa shape index (κ1) is 8.77. The number of hydrogen-bond donors (Lipinski definition) is 1. The minimum absolute atomic E-state index is 0.0791. The van der Waals surface area contributed by atoms with Crippen molar-refractivity contribution in [1.29, 1.82) is 0 Å². The van der Waals surface area contributed by atoms with Gasteiger partial charge in [-0.25, -0.2) is 0 Å². The topological polar surface area (TPSA) is 55.1 Å². The molecule has 1 amide bonds. The molecule has 1 N–H and O–H groups in total. The van der Waals surface area contributed by atoms with E-state index < -0.39 is 0 Å². The largest absolute Gasteiger partial charge is 0.360 e. The lowest BCUT2D eigenvalue weighted by Gasteiger charge is -2.04. The predicted molar refractivity (Wildman–Crippen MR) is 42.5 cm³/mol. The predicted octanol–water partition coefficient (Wildman–Crippen LogP) is 0.872. The van der Waals surface area contributed by atoms with Gasteiger partial charge >= 0.3 is 0 Å². The van der Waals surface area contributed by atoms with Crippen LogP contribution in [-0.4, -0.2) is 17.1 Å². The number of nitrogens with zero attached hydrogens (tertiary/aromatic N) is 1. The molecule has 2 radical (unpaired) electrons. The van der Waals surface area contributed by atoms with Gasteiger partial charge in [0.2, 0.25) is 0 Å². The fraction of sp³-hybridized carbons (Fsp3) is 0.375. The van der Waals surface area contributed by atoms with Crippen molar-refractivity contribution in [3.8, 4) is 0 Å². The first-order valence-corrected chi connectivity index (χ1v) is 3.62. The van der Waals surface area contributed by atoms with Crippen molar-refractivity contribution in [3.05, 3.63) is 24.4 Å². The summed E-state index contributed by atoms with van der Waals surface area (Å²) in [5, 5.41) is 6.11. The smallest absolute Gasteiger partial charge is 0.273 e. The van der Waals surface area contributed by atoms with E-state index in [4.69, 9.17) is 6.92 Å². The summed E-state index contributed by atoms with van der Waals surface area (Å²) < 4.78 is 4.53. The summed E-state index contributed by atoms with van der Waals surface area (Å²) >= 11 is 0. The highest BCUT2D eigenvalue weighted by Gasteiger charge is 2.10. The van der Waals surface area contributed by atoms with E-state index in [1.54, 1.807) is 0 Å². The van der Waals surface area contributed by atoms with Crippen LogP contribution in [-0.2, 0) is 0 Å². The van der Waals surface area contributed by atoms with Gasteiger partial charge in [-0.15, -0.1) is 0 Å². The molecule has 1 rings (SSSR count). The summed E-state index contributed by atoms with van der Waals surface area (Å²) in [6.07, 6.45) is 0. The van der Waals surface area contributed by atoms with E-state index in [0.29, 0.717) is 0 Å². The van der Waals surface area contributed by atoms with Crippen LogP contribution in [0.15, 0.2) is 10.6 Å². The Morgan fingerprint density at radius 3 is 2.83 bits per heavy atom. The molecule has 0 bridgehead atoms. The highest BCUT2D eigenvalue weighted by molar-refractivity contribution is 5.92. The molecule has 0 saturated carbocycles. The summed E-state index contributed by atoms with van der Waals surface area (Å²) in [5.41, 5.74) is 0.209. The molecule has 0 fully saturated rings. The first-order valence-electron chi connectivity index (χ1n) is 3.62. The van der Waals surface area contributed by atoms with Crippen LogP contribution in [0.3, 0.4) is 0 Å². The Balaban J connectivity index is 2.65. The normalized spacial score (nSPS) is 10.3. The van der Waals surface area contributed by atoms with Crippen LogP contribution in [0.25, 0.3) is 0 Å². The molecule has 4 heteroatoms. The lowest BCUT2D eigenvalue weighted by molar-refractivity contribution is 0.0934. The highest BCUT2D eigenvalue weighted by Crippen LogP contribution is 2.01. The Morgan fingerprint density at radius 2 is 2.42 bits per heavy atom. The van der Waals surface area contributed by atoms with Gasteiger partial charge in [0.25, 0.3) is 5.91 Å². The molecule has 1 heterocycles. The monoisotopic (exact) mass is 166 g/mol. The van der Waals surface area contributed by atoms with Crippen LogP contribution in [0, 0.1) is 6.92 Å². The van der Waals surface area contributed by atoms with Crippen molar-refractivity contribution in [2.45, 2.75) is 19.9 Å². The summed E-state index contributed by atoms with van der Waals surface area (Å²) in [7, 11) is 0. The number of amides is 1. The first-order chi connectivity index (χ1) is 5.59. The van der Waals surface area contributed by atoms with Crippen LogP contribution in [0.2, 0.25) is 0 Å². The number of nitrogens with one attached hydrogen (secondary N) is 1. The zero-order valence-electron chi connectivity index (χ0n) is 7.00. The summed E-state index contributed by atoms with van der Waals surface area (Å²) in [6, 6.07) is 1.47. The number of rotatable bonds is 2. The van der Waals surface area contributed by atoms with Crippen LogP contribution >= 0.6 is 0 Å². The van der Waals surface area contributed by atoms with Gasteiger partial charge in [-0.2, -0.15) is 0 Å². The number of carbonyl (C=O) groups is 1.